The second kappa shape index (κ2) is 6.23. The van der Waals surface area contributed by atoms with Crippen molar-refractivity contribution in [2.24, 2.45) is 0 Å². The van der Waals surface area contributed by atoms with Crippen molar-refractivity contribution in [3.63, 3.8) is 0 Å². The molecule has 22 heavy (non-hydrogen) atoms. The molecule has 2 rings (SSSR count). The smallest absolute Gasteiger partial charge is 0.351 e. The number of anilines is 1. The predicted molar refractivity (Wildman–Crippen MR) is 72.6 cm³/mol. The number of carboxylic acids is 1. The molecule has 0 amide bonds. The monoisotopic (exact) mass is 313 g/mol. The molecule has 1 aliphatic rings. The van der Waals surface area contributed by atoms with Crippen LogP contribution in [0.2, 0.25) is 0 Å². The van der Waals surface area contributed by atoms with Gasteiger partial charge in [0.05, 0.1) is 6.61 Å². The molecule has 1 aromatic rings. The van der Waals surface area contributed by atoms with Crippen molar-refractivity contribution >= 4 is 17.9 Å². The molecule has 0 radical (unpaired) electrons. The molecule has 0 saturated carbocycles. The van der Waals surface area contributed by atoms with E-state index in [1.807, 2.05) is 0 Å². The molecule has 10 nitrogen and oxygen atoms in total. The second-order valence-electron chi connectivity index (χ2n) is 4.65. The fourth-order valence-corrected chi connectivity index (χ4v) is 2.12. The molecule has 1 aliphatic heterocycles. The van der Waals surface area contributed by atoms with Crippen LogP contribution in [0.25, 0.3) is 6.08 Å². The van der Waals surface area contributed by atoms with E-state index in [0.29, 0.717) is 0 Å². The lowest BCUT2D eigenvalue weighted by molar-refractivity contribution is -0.131. The SMILES string of the molecule is Nc1c(/C=C/C(=O)O)cnc(=O)n1[C@@H]1O[C@H](CO)[C@H](O)[C@H]1O. The van der Waals surface area contributed by atoms with Gasteiger partial charge < -0.3 is 30.9 Å². The van der Waals surface area contributed by atoms with E-state index in [2.05, 4.69) is 4.98 Å². The van der Waals surface area contributed by atoms with Crippen LogP contribution in [0.4, 0.5) is 5.82 Å². The van der Waals surface area contributed by atoms with Crippen molar-refractivity contribution < 1.29 is 30.0 Å². The van der Waals surface area contributed by atoms with Crippen LogP contribution >= 0.6 is 0 Å². The number of aliphatic carboxylic acids is 1. The number of aliphatic hydroxyl groups excluding tert-OH is 3. The highest BCUT2D eigenvalue weighted by atomic mass is 16.6. The molecule has 10 heteroatoms. The van der Waals surface area contributed by atoms with Gasteiger partial charge in [0.15, 0.2) is 6.23 Å². The Morgan fingerprint density at radius 1 is 1.45 bits per heavy atom. The summed E-state index contributed by atoms with van der Waals surface area (Å²) in [5.74, 6) is -1.41. The van der Waals surface area contributed by atoms with Crippen LogP contribution in [0, 0.1) is 0 Å². The van der Waals surface area contributed by atoms with E-state index in [0.717, 1.165) is 22.9 Å². The maximum atomic E-state index is 11.9. The zero-order valence-corrected chi connectivity index (χ0v) is 11.2. The third-order valence-electron chi connectivity index (χ3n) is 3.25. The van der Waals surface area contributed by atoms with Gasteiger partial charge in [0.1, 0.15) is 24.1 Å². The molecule has 0 bridgehead atoms. The van der Waals surface area contributed by atoms with Crippen molar-refractivity contribution in [3.8, 4) is 0 Å². The molecule has 1 fully saturated rings. The summed E-state index contributed by atoms with van der Waals surface area (Å²) in [6, 6.07) is 0. The Labute approximate surface area is 123 Å². The fraction of sp³-hybridized carbons (Fsp3) is 0.417. The summed E-state index contributed by atoms with van der Waals surface area (Å²) in [5.41, 5.74) is 5.07. The number of ether oxygens (including phenoxy) is 1. The van der Waals surface area contributed by atoms with Gasteiger partial charge in [-0.2, -0.15) is 0 Å². The Morgan fingerprint density at radius 2 is 2.14 bits per heavy atom. The van der Waals surface area contributed by atoms with E-state index in [4.69, 9.17) is 20.7 Å². The molecule has 2 heterocycles. The highest BCUT2D eigenvalue weighted by Crippen LogP contribution is 2.30. The van der Waals surface area contributed by atoms with Crippen LogP contribution < -0.4 is 11.4 Å². The Morgan fingerprint density at radius 3 is 2.68 bits per heavy atom. The van der Waals surface area contributed by atoms with Crippen molar-refractivity contribution in [2.45, 2.75) is 24.5 Å². The molecule has 0 unspecified atom stereocenters. The number of nitrogen functional groups attached to an aromatic ring is 1. The average molecular weight is 313 g/mol. The summed E-state index contributed by atoms with van der Waals surface area (Å²) in [5, 5.41) is 37.3. The molecule has 0 aromatic carbocycles. The van der Waals surface area contributed by atoms with Gasteiger partial charge in [-0.1, -0.05) is 0 Å². The van der Waals surface area contributed by atoms with Gasteiger partial charge in [-0.25, -0.2) is 19.1 Å². The molecular weight excluding hydrogens is 298 g/mol. The van der Waals surface area contributed by atoms with E-state index < -0.39 is 42.8 Å². The quantitative estimate of drug-likeness (QED) is 0.378. The lowest BCUT2D eigenvalue weighted by atomic mass is 10.1. The summed E-state index contributed by atoms with van der Waals surface area (Å²) in [4.78, 5) is 25.9. The number of aliphatic hydroxyl groups is 3. The van der Waals surface area contributed by atoms with Gasteiger partial charge in [-0.3, -0.25) is 0 Å². The Kier molecular flexibility index (Phi) is 4.56. The van der Waals surface area contributed by atoms with Crippen LogP contribution in [0.5, 0.6) is 0 Å². The first-order valence-electron chi connectivity index (χ1n) is 6.27. The number of nitrogens with two attached hydrogens (primary N) is 1. The summed E-state index contributed by atoms with van der Waals surface area (Å²) in [6.07, 6.45) is -2.32. The molecule has 0 aliphatic carbocycles. The van der Waals surface area contributed by atoms with Crippen LogP contribution in [0.15, 0.2) is 17.1 Å². The Hall–Kier alpha value is -2.27. The van der Waals surface area contributed by atoms with Crippen LogP contribution in [0.3, 0.4) is 0 Å². The zero-order chi connectivity index (χ0) is 16.4. The summed E-state index contributed by atoms with van der Waals surface area (Å²) in [7, 11) is 0. The van der Waals surface area contributed by atoms with E-state index in [-0.39, 0.29) is 11.4 Å². The van der Waals surface area contributed by atoms with Gasteiger partial charge in [0.2, 0.25) is 0 Å². The third-order valence-corrected chi connectivity index (χ3v) is 3.25. The molecule has 1 saturated heterocycles. The van der Waals surface area contributed by atoms with Gasteiger partial charge in [0, 0.05) is 17.8 Å². The average Bonchev–Trinajstić information content (AvgIpc) is 2.74. The lowest BCUT2D eigenvalue weighted by Gasteiger charge is -2.20. The largest absolute Gasteiger partial charge is 0.478 e. The van der Waals surface area contributed by atoms with Crippen molar-refractivity contribution in [3.05, 3.63) is 28.3 Å². The molecular formula is C12H15N3O7. The summed E-state index contributed by atoms with van der Waals surface area (Å²) < 4.78 is 6.01. The number of carboxylic acid groups (broad SMARTS) is 1. The van der Waals surface area contributed by atoms with E-state index in [1.165, 1.54) is 0 Å². The molecule has 0 spiro atoms. The van der Waals surface area contributed by atoms with Crippen LogP contribution in [-0.4, -0.2) is 60.9 Å². The molecule has 120 valence electrons. The third kappa shape index (κ3) is 2.85. The number of aromatic nitrogens is 2. The summed E-state index contributed by atoms with van der Waals surface area (Å²) in [6.45, 7) is -0.560. The van der Waals surface area contributed by atoms with Crippen LogP contribution in [0.1, 0.15) is 11.8 Å². The first-order chi connectivity index (χ1) is 10.4. The normalized spacial score (nSPS) is 28.3. The van der Waals surface area contributed by atoms with Crippen LogP contribution in [-0.2, 0) is 9.53 Å². The number of nitrogens with zero attached hydrogens (tertiary/aromatic N) is 2. The maximum Gasteiger partial charge on any atom is 0.351 e. The predicted octanol–water partition coefficient (Wildman–Crippen LogP) is -2.47. The minimum absolute atomic E-state index is 0.125. The topological polar surface area (TPSA) is 168 Å². The van der Waals surface area contributed by atoms with Gasteiger partial charge in [-0.15, -0.1) is 0 Å². The maximum absolute atomic E-state index is 11.9. The van der Waals surface area contributed by atoms with E-state index >= 15 is 0 Å². The molecule has 4 atom stereocenters. The van der Waals surface area contributed by atoms with E-state index in [1.54, 1.807) is 0 Å². The van der Waals surface area contributed by atoms with Gasteiger partial charge >= 0.3 is 11.7 Å². The standard InChI is InChI=1S/C12H15N3O7/c13-10-5(1-2-7(17)18)3-14-12(21)15(10)11-9(20)8(19)6(4-16)22-11/h1-3,6,8-9,11,16,19-20H,4,13H2,(H,17,18)/b2-1+/t6-,8+,9-,11-/m1/s1. The van der Waals surface area contributed by atoms with Crippen molar-refractivity contribution in [1.82, 2.24) is 9.55 Å². The first kappa shape index (κ1) is 16.1. The Bertz CT molecular complexity index is 657. The number of carbonyl (C=O) groups is 1. The highest BCUT2D eigenvalue weighted by molar-refractivity contribution is 5.86. The minimum Gasteiger partial charge on any atom is -0.478 e. The molecule has 1 aromatic heterocycles. The molecule has 6 N–H and O–H groups in total. The first-order valence-corrected chi connectivity index (χ1v) is 6.27. The summed E-state index contributed by atoms with van der Waals surface area (Å²) >= 11 is 0. The highest BCUT2D eigenvalue weighted by Gasteiger charge is 2.44. The van der Waals surface area contributed by atoms with Gasteiger partial charge in [0.25, 0.3) is 0 Å². The number of rotatable bonds is 4. The Balaban J connectivity index is 2.45. The number of hydrogen-bond donors (Lipinski definition) is 5. The minimum atomic E-state index is -1.50. The zero-order valence-electron chi connectivity index (χ0n) is 11.2. The van der Waals surface area contributed by atoms with E-state index in [9.17, 15) is 19.8 Å². The number of hydrogen-bond acceptors (Lipinski definition) is 8. The van der Waals surface area contributed by atoms with Gasteiger partial charge in [-0.05, 0) is 6.08 Å². The lowest BCUT2D eigenvalue weighted by Crippen LogP contribution is -2.37. The second-order valence-corrected chi connectivity index (χ2v) is 4.65. The fourth-order valence-electron chi connectivity index (χ4n) is 2.12. The van der Waals surface area contributed by atoms with Crippen molar-refractivity contribution in [1.29, 1.82) is 0 Å². The van der Waals surface area contributed by atoms with Crippen molar-refractivity contribution in [2.75, 3.05) is 12.3 Å².